The number of hydrogen-bond acceptors (Lipinski definition) is 5. The molecule has 1 atom stereocenters. The summed E-state index contributed by atoms with van der Waals surface area (Å²) in [7, 11) is 0. The minimum Gasteiger partial charge on any atom is -0.490 e. The molecule has 2 aromatic rings. The topological polar surface area (TPSA) is 89.0 Å². The Bertz CT molecular complexity index is 997. The first-order valence-electron chi connectivity index (χ1n) is 10.1. The van der Waals surface area contributed by atoms with E-state index in [0.717, 1.165) is 0 Å². The summed E-state index contributed by atoms with van der Waals surface area (Å²) in [6.07, 6.45) is 6.67. The van der Waals surface area contributed by atoms with Gasteiger partial charge in [-0.3, -0.25) is 9.59 Å². The summed E-state index contributed by atoms with van der Waals surface area (Å²) >= 11 is 0. The maximum absolute atomic E-state index is 13.1. The quantitative estimate of drug-likeness (QED) is 0.338. The summed E-state index contributed by atoms with van der Waals surface area (Å²) in [4.78, 5) is 25.0. The van der Waals surface area contributed by atoms with E-state index in [0.29, 0.717) is 23.7 Å². The fourth-order valence-corrected chi connectivity index (χ4v) is 2.71. The molecule has 7 nitrogen and oxygen atoms in total. The third kappa shape index (κ3) is 7.13. The predicted octanol–water partition coefficient (Wildman–Crippen LogP) is 3.14. The molecule has 2 N–H and O–H groups in total. The number of amides is 2. The fourth-order valence-electron chi connectivity index (χ4n) is 2.71. The number of hydrogen-bond donors (Lipinski definition) is 2. The Morgan fingerprint density at radius 1 is 1.16 bits per heavy atom. The Morgan fingerprint density at radius 3 is 2.50 bits per heavy atom. The van der Waals surface area contributed by atoms with Crippen molar-refractivity contribution in [3.05, 3.63) is 59.4 Å². The average Bonchev–Trinajstić information content (AvgIpc) is 2.77. The van der Waals surface area contributed by atoms with E-state index in [2.05, 4.69) is 21.8 Å². The first-order valence-corrected chi connectivity index (χ1v) is 10.1. The van der Waals surface area contributed by atoms with Gasteiger partial charge in [0.2, 0.25) is 0 Å². The lowest BCUT2D eigenvalue weighted by atomic mass is 10.0. The van der Waals surface area contributed by atoms with E-state index in [1.54, 1.807) is 32.0 Å². The molecular formula is C24H26FN3O4. The van der Waals surface area contributed by atoms with Crippen LogP contribution in [0.1, 0.15) is 36.7 Å². The summed E-state index contributed by atoms with van der Waals surface area (Å²) in [6.45, 7) is 5.99. The molecule has 0 radical (unpaired) electrons. The zero-order valence-electron chi connectivity index (χ0n) is 18.2. The van der Waals surface area contributed by atoms with Crippen LogP contribution in [0.5, 0.6) is 11.5 Å². The predicted molar refractivity (Wildman–Crippen MR) is 120 cm³/mol. The van der Waals surface area contributed by atoms with E-state index in [4.69, 9.17) is 15.9 Å². The van der Waals surface area contributed by atoms with Crippen LogP contribution in [-0.2, 0) is 4.79 Å². The molecule has 0 saturated heterocycles. The molecule has 0 heterocycles. The number of terminal acetylenes is 1. The van der Waals surface area contributed by atoms with Crippen LogP contribution in [0.3, 0.4) is 0 Å². The maximum Gasteiger partial charge on any atom is 0.262 e. The van der Waals surface area contributed by atoms with Gasteiger partial charge in [-0.2, -0.15) is 5.10 Å². The number of halogens is 1. The van der Waals surface area contributed by atoms with Crippen LogP contribution in [0.4, 0.5) is 4.39 Å². The van der Waals surface area contributed by atoms with E-state index in [1.807, 2.05) is 6.92 Å². The van der Waals surface area contributed by atoms with Crippen molar-refractivity contribution in [3.8, 4) is 23.8 Å². The molecule has 2 amide bonds. The lowest BCUT2D eigenvalue weighted by molar-refractivity contribution is -0.123. The highest BCUT2D eigenvalue weighted by Gasteiger charge is 2.24. The molecular weight excluding hydrogens is 413 g/mol. The normalized spacial score (nSPS) is 11.6. The van der Waals surface area contributed by atoms with Gasteiger partial charge >= 0.3 is 0 Å². The van der Waals surface area contributed by atoms with Crippen LogP contribution >= 0.6 is 0 Å². The highest BCUT2D eigenvalue weighted by molar-refractivity contribution is 5.97. The fraction of sp³-hybridized carbons (Fsp3) is 0.292. The standard InChI is InChI=1S/C24H26FN3O4/c1-5-13-32-20-12-7-17(14-21(20)31-6-2)15-26-28-24(30)22(16(3)4)27-23(29)18-8-10-19(25)11-9-18/h1,7-12,14-16,22H,6,13H2,2-4H3,(H,27,29)(H,28,30). The third-order valence-electron chi connectivity index (χ3n) is 4.31. The summed E-state index contributed by atoms with van der Waals surface area (Å²) in [5, 5.41) is 6.63. The van der Waals surface area contributed by atoms with Crippen molar-refractivity contribution in [2.75, 3.05) is 13.2 Å². The lowest BCUT2D eigenvalue weighted by Crippen LogP contribution is -2.48. The zero-order chi connectivity index (χ0) is 23.5. The Labute approximate surface area is 187 Å². The molecule has 0 bridgehead atoms. The van der Waals surface area contributed by atoms with Gasteiger partial charge in [-0.1, -0.05) is 19.8 Å². The first-order chi connectivity index (χ1) is 15.3. The van der Waals surface area contributed by atoms with Crippen molar-refractivity contribution < 1.29 is 23.5 Å². The van der Waals surface area contributed by atoms with Gasteiger partial charge < -0.3 is 14.8 Å². The molecule has 168 valence electrons. The molecule has 0 aromatic heterocycles. The highest BCUT2D eigenvalue weighted by atomic mass is 19.1. The van der Waals surface area contributed by atoms with Crippen molar-refractivity contribution in [1.29, 1.82) is 0 Å². The van der Waals surface area contributed by atoms with Crippen molar-refractivity contribution in [2.24, 2.45) is 11.0 Å². The van der Waals surface area contributed by atoms with Gasteiger partial charge in [0.15, 0.2) is 11.5 Å². The molecule has 0 aliphatic heterocycles. The first kappa shape index (κ1) is 24.4. The Hall–Kier alpha value is -3.86. The maximum atomic E-state index is 13.1. The molecule has 0 fully saturated rings. The second-order valence-electron chi connectivity index (χ2n) is 7.07. The zero-order valence-corrected chi connectivity index (χ0v) is 18.2. The molecule has 8 heteroatoms. The van der Waals surface area contributed by atoms with Crippen LogP contribution < -0.4 is 20.2 Å². The van der Waals surface area contributed by atoms with E-state index >= 15 is 0 Å². The van der Waals surface area contributed by atoms with E-state index in [1.165, 1.54) is 30.5 Å². The van der Waals surface area contributed by atoms with Gasteiger partial charge in [0.05, 0.1) is 12.8 Å². The second-order valence-corrected chi connectivity index (χ2v) is 7.07. The largest absolute Gasteiger partial charge is 0.490 e. The number of nitrogens with one attached hydrogen (secondary N) is 2. The lowest BCUT2D eigenvalue weighted by Gasteiger charge is -2.20. The van der Waals surface area contributed by atoms with Crippen molar-refractivity contribution in [1.82, 2.24) is 10.7 Å². The monoisotopic (exact) mass is 439 g/mol. The molecule has 0 spiro atoms. The third-order valence-corrected chi connectivity index (χ3v) is 4.31. The van der Waals surface area contributed by atoms with Crippen molar-refractivity contribution >= 4 is 18.0 Å². The Balaban J connectivity index is 2.04. The van der Waals surface area contributed by atoms with Crippen molar-refractivity contribution in [2.45, 2.75) is 26.8 Å². The van der Waals surface area contributed by atoms with Crippen molar-refractivity contribution in [3.63, 3.8) is 0 Å². The van der Waals surface area contributed by atoms with Gasteiger partial charge in [-0.15, -0.1) is 6.42 Å². The SMILES string of the molecule is C#CCOc1ccc(C=NNC(=O)C(NC(=O)c2ccc(F)cc2)C(C)C)cc1OCC. The van der Waals surface area contributed by atoms with Gasteiger partial charge in [-0.05, 0) is 60.9 Å². The van der Waals surface area contributed by atoms with Crippen LogP contribution in [0.25, 0.3) is 0 Å². The Morgan fingerprint density at radius 2 is 1.88 bits per heavy atom. The van der Waals surface area contributed by atoms with Gasteiger partial charge in [0.1, 0.15) is 18.5 Å². The minimum atomic E-state index is -0.830. The van der Waals surface area contributed by atoms with Crippen LogP contribution in [0.2, 0.25) is 0 Å². The molecule has 32 heavy (non-hydrogen) atoms. The number of nitrogens with zero attached hydrogens (tertiary/aromatic N) is 1. The molecule has 2 aromatic carbocycles. The highest BCUT2D eigenvalue weighted by Crippen LogP contribution is 2.28. The summed E-state index contributed by atoms with van der Waals surface area (Å²) in [6, 6.07) is 9.39. The number of ether oxygens (including phenoxy) is 2. The number of benzene rings is 2. The molecule has 0 saturated carbocycles. The van der Waals surface area contributed by atoms with Gasteiger partial charge in [0.25, 0.3) is 11.8 Å². The summed E-state index contributed by atoms with van der Waals surface area (Å²) in [5.74, 6) is 1.80. The number of carbonyl (C=O) groups is 2. The number of rotatable bonds is 10. The van der Waals surface area contributed by atoms with E-state index in [9.17, 15) is 14.0 Å². The van der Waals surface area contributed by atoms with Crippen LogP contribution in [0.15, 0.2) is 47.6 Å². The molecule has 0 aliphatic carbocycles. The van der Waals surface area contributed by atoms with Crippen LogP contribution in [-0.4, -0.2) is 37.3 Å². The van der Waals surface area contributed by atoms with E-state index < -0.39 is 23.7 Å². The molecule has 0 aliphatic rings. The minimum absolute atomic E-state index is 0.115. The number of carbonyl (C=O) groups excluding carboxylic acids is 2. The van der Waals surface area contributed by atoms with Crippen LogP contribution in [0, 0.1) is 24.1 Å². The van der Waals surface area contributed by atoms with Gasteiger partial charge in [-0.25, -0.2) is 9.82 Å². The Kier molecular flexibility index (Phi) is 9.23. The average molecular weight is 439 g/mol. The molecule has 1 unspecified atom stereocenters. The van der Waals surface area contributed by atoms with Gasteiger partial charge in [0, 0.05) is 5.56 Å². The number of hydrazone groups is 1. The summed E-state index contributed by atoms with van der Waals surface area (Å²) in [5.41, 5.74) is 3.35. The second kappa shape index (κ2) is 12.1. The van der Waals surface area contributed by atoms with E-state index in [-0.39, 0.29) is 18.1 Å². The smallest absolute Gasteiger partial charge is 0.262 e. The summed E-state index contributed by atoms with van der Waals surface area (Å²) < 4.78 is 24.0. The molecule has 2 rings (SSSR count).